The van der Waals surface area contributed by atoms with Gasteiger partial charge in [0.25, 0.3) is 0 Å². The van der Waals surface area contributed by atoms with Crippen molar-refractivity contribution in [2.24, 2.45) is 0 Å². The third-order valence-electron chi connectivity index (χ3n) is 1.91. The summed E-state index contributed by atoms with van der Waals surface area (Å²) in [5.74, 6) is -0.0631. The summed E-state index contributed by atoms with van der Waals surface area (Å²) in [5, 5.41) is 8.47. The Balaban J connectivity index is 2.96. The second-order valence-electron chi connectivity index (χ2n) is 3.48. The van der Waals surface area contributed by atoms with Crippen molar-refractivity contribution in [3.8, 4) is 0 Å². The number of hydrogen-bond acceptors (Lipinski definition) is 3. The van der Waals surface area contributed by atoms with E-state index in [0.29, 0.717) is 0 Å². The summed E-state index contributed by atoms with van der Waals surface area (Å²) in [4.78, 5) is 16.5. The smallest absolute Gasteiger partial charge is 0.328 e. The van der Waals surface area contributed by atoms with Gasteiger partial charge in [-0.25, -0.2) is 9.78 Å². The average Bonchev–Trinajstić information content (AvgIpc) is 2.14. The van der Waals surface area contributed by atoms with Crippen LogP contribution in [0.5, 0.6) is 0 Å². The van der Waals surface area contributed by atoms with Gasteiger partial charge in [-0.3, -0.25) is 0 Å². The number of rotatable bonds is 3. The second-order valence-corrected chi connectivity index (χ2v) is 3.48. The molecule has 0 unspecified atom stereocenters. The van der Waals surface area contributed by atoms with Gasteiger partial charge in [0.2, 0.25) is 0 Å². The number of carboxylic acid groups (broad SMARTS) is 1. The predicted molar refractivity (Wildman–Crippen MR) is 60.0 cm³/mol. The van der Waals surface area contributed by atoms with Crippen molar-refractivity contribution >= 4 is 17.9 Å². The van der Waals surface area contributed by atoms with Crippen LogP contribution in [-0.2, 0) is 4.79 Å². The maximum absolute atomic E-state index is 10.3. The summed E-state index contributed by atoms with van der Waals surface area (Å²) < 4.78 is 0. The molecular weight excluding hydrogens is 192 g/mol. The predicted octanol–water partition coefficient (Wildman–Crippen LogP) is 1.55. The topological polar surface area (TPSA) is 53.4 Å². The lowest BCUT2D eigenvalue weighted by Gasteiger charge is -2.13. The monoisotopic (exact) mass is 206 g/mol. The molecule has 1 heterocycles. The maximum Gasteiger partial charge on any atom is 0.328 e. The molecule has 0 amide bonds. The van der Waals surface area contributed by atoms with Gasteiger partial charge in [-0.1, -0.05) is 0 Å². The summed E-state index contributed by atoms with van der Waals surface area (Å²) in [5.41, 5.74) is 1.81. The Morgan fingerprint density at radius 2 is 2.20 bits per heavy atom. The normalized spacial score (nSPS) is 10.6. The molecule has 0 saturated carbocycles. The number of anilines is 1. The number of aromatic nitrogens is 1. The van der Waals surface area contributed by atoms with Crippen molar-refractivity contribution in [2.75, 3.05) is 19.0 Å². The fraction of sp³-hybridized carbons (Fsp3) is 0.273. The molecule has 0 bridgehead atoms. The molecule has 0 radical (unpaired) electrons. The summed E-state index contributed by atoms with van der Waals surface area (Å²) in [7, 11) is 3.84. The van der Waals surface area contributed by atoms with E-state index in [0.717, 1.165) is 23.0 Å². The highest BCUT2D eigenvalue weighted by Gasteiger charge is 2.01. The van der Waals surface area contributed by atoms with E-state index < -0.39 is 5.97 Å². The lowest BCUT2D eigenvalue weighted by atomic mass is 10.2. The Morgan fingerprint density at radius 3 is 2.67 bits per heavy atom. The van der Waals surface area contributed by atoms with E-state index in [1.54, 1.807) is 6.20 Å². The molecule has 1 N–H and O–H groups in total. The van der Waals surface area contributed by atoms with Gasteiger partial charge in [-0.05, 0) is 30.2 Å². The van der Waals surface area contributed by atoms with Crippen LogP contribution in [0, 0.1) is 6.92 Å². The van der Waals surface area contributed by atoms with E-state index >= 15 is 0 Å². The van der Waals surface area contributed by atoms with Gasteiger partial charge in [0.05, 0.1) is 0 Å². The third-order valence-corrected chi connectivity index (χ3v) is 1.91. The standard InChI is InChI=1S/C11H14N2O2/c1-8-6-9(4-5-10(14)15)7-12-11(8)13(2)3/h4-7H,1-3H3,(H,14,15)/b5-4+. The highest BCUT2D eigenvalue weighted by atomic mass is 16.4. The van der Waals surface area contributed by atoms with Crippen LogP contribution < -0.4 is 4.90 Å². The number of carboxylic acids is 1. The number of carbonyl (C=O) groups is 1. The second kappa shape index (κ2) is 4.59. The van der Waals surface area contributed by atoms with Crippen LogP contribution in [0.15, 0.2) is 18.3 Å². The third kappa shape index (κ3) is 3.09. The molecule has 15 heavy (non-hydrogen) atoms. The first-order valence-corrected chi connectivity index (χ1v) is 4.55. The van der Waals surface area contributed by atoms with Crippen molar-refractivity contribution in [3.05, 3.63) is 29.5 Å². The number of aliphatic carboxylic acids is 1. The van der Waals surface area contributed by atoms with Crippen LogP contribution in [0.25, 0.3) is 6.08 Å². The van der Waals surface area contributed by atoms with Crippen LogP contribution in [0.4, 0.5) is 5.82 Å². The molecule has 1 aromatic heterocycles. The van der Waals surface area contributed by atoms with Crippen LogP contribution in [0.3, 0.4) is 0 Å². The zero-order valence-corrected chi connectivity index (χ0v) is 9.06. The van der Waals surface area contributed by atoms with Crippen molar-refractivity contribution in [2.45, 2.75) is 6.92 Å². The van der Waals surface area contributed by atoms with Crippen molar-refractivity contribution in [1.29, 1.82) is 0 Å². The molecular formula is C11H14N2O2. The Hall–Kier alpha value is -1.84. The zero-order valence-electron chi connectivity index (χ0n) is 9.06. The molecule has 80 valence electrons. The van der Waals surface area contributed by atoms with E-state index in [9.17, 15) is 4.79 Å². The van der Waals surface area contributed by atoms with Gasteiger partial charge < -0.3 is 10.0 Å². The molecule has 4 heteroatoms. The first-order chi connectivity index (χ1) is 7.00. The average molecular weight is 206 g/mol. The lowest BCUT2D eigenvalue weighted by Crippen LogP contribution is -2.12. The minimum atomic E-state index is -0.954. The molecule has 1 rings (SSSR count). The lowest BCUT2D eigenvalue weighted by molar-refractivity contribution is -0.131. The first kappa shape index (κ1) is 11.2. The zero-order chi connectivity index (χ0) is 11.4. The minimum Gasteiger partial charge on any atom is -0.478 e. The van der Waals surface area contributed by atoms with Gasteiger partial charge in [-0.2, -0.15) is 0 Å². The first-order valence-electron chi connectivity index (χ1n) is 4.55. The van der Waals surface area contributed by atoms with E-state index in [1.165, 1.54) is 6.08 Å². The van der Waals surface area contributed by atoms with Gasteiger partial charge in [0.15, 0.2) is 0 Å². The number of hydrogen-bond donors (Lipinski definition) is 1. The van der Waals surface area contributed by atoms with E-state index in [1.807, 2.05) is 32.0 Å². The van der Waals surface area contributed by atoms with Crippen molar-refractivity contribution in [1.82, 2.24) is 4.98 Å². The highest BCUT2D eigenvalue weighted by molar-refractivity contribution is 5.85. The van der Waals surface area contributed by atoms with Crippen LogP contribution in [0.2, 0.25) is 0 Å². The van der Waals surface area contributed by atoms with E-state index in [-0.39, 0.29) is 0 Å². The summed E-state index contributed by atoms with van der Waals surface area (Å²) >= 11 is 0. The minimum absolute atomic E-state index is 0.792. The van der Waals surface area contributed by atoms with Gasteiger partial charge in [0.1, 0.15) is 5.82 Å². The van der Waals surface area contributed by atoms with Crippen LogP contribution in [-0.4, -0.2) is 30.2 Å². The maximum atomic E-state index is 10.3. The summed E-state index contributed by atoms with van der Waals surface area (Å²) in [6.07, 6.45) is 4.29. The fourth-order valence-electron chi connectivity index (χ4n) is 1.32. The van der Waals surface area contributed by atoms with Crippen LogP contribution in [0.1, 0.15) is 11.1 Å². The van der Waals surface area contributed by atoms with E-state index in [2.05, 4.69) is 4.98 Å². The Bertz CT molecular complexity index is 398. The van der Waals surface area contributed by atoms with E-state index in [4.69, 9.17) is 5.11 Å². The molecule has 0 aliphatic carbocycles. The fourth-order valence-corrected chi connectivity index (χ4v) is 1.32. The Morgan fingerprint density at radius 1 is 1.53 bits per heavy atom. The largest absolute Gasteiger partial charge is 0.478 e. The van der Waals surface area contributed by atoms with Gasteiger partial charge in [0, 0.05) is 26.4 Å². The molecule has 0 aliphatic heterocycles. The number of pyridine rings is 1. The molecule has 0 aromatic carbocycles. The quantitative estimate of drug-likeness (QED) is 0.762. The molecule has 0 atom stereocenters. The molecule has 0 fully saturated rings. The molecule has 0 saturated heterocycles. The highest BCUT2D eigenvalue weighted by Crippen LogP contribution is 2.15. The Labute approximate surface area is 88.9 Å². The molecule has 0 aliphatic rings. The summed E-state index contributed by atoms with van der Waals surface area (Å²) in [6, 6.07) is 1.90. The molecule has 1 aromatic rings. The van der Waals surface area contributed by atoms with Crippen LogP contribution >= 0.6 is 0 Å². The summed E-state index contributed by atoms with van der Waals surface area (Å²) in [6.45, 7) is 1.94. The van der Waals surface area contributed by atoms with Gasteiger partial charge >= 0.3 is 5.97 Å². The van der Waals surface area contributed by atoms with Crippen molar-refractivity contribution in [3.63, 3.8) is 0 Å². The van der Waals surface area contributed by atoms with Gasteiger partial charge in [-0.15, -0.1) is 0 Å². The SMILES string of the molecule is Cc1cc(/C=C/C(=O)O)cnc1N(C)C. The van der Waals surface area contributed by atoms with Crippen molar-refractivity contribution < 1.29 is 9.90 Å². The number of aryl methyl sites for hydroxylation is 1. The molecule has 4 nitrogen and oxygen atoms in total. The number of nitrogens with zero attached hydrogens (tertiary/aromatic N) is 2. The Kier molecular flexibility index (Phi) is 3.44. The molecule has 0 spiro atoms.